The average molecular weight is 432 g/mol. The normalized spacial score (nSPS) is 20.8. The van der Waals surface area contributed by atoms with E-state index in [1.54, 1.807) is 4.90 Å². The topological polar surface area (TPSA) is 78.5 Å². The highest BCUT2D eigenvalue weighted by molar-refractivity contribution is 5.95. The quantitative estimate of drug-likeness (QED) is 0.697. The standard InChI is InChI=1S/C24H34FN3O3/c1-5-16-9-6-7-10-17(16)15-26-20(29)18-11-8-14-28(18)21(30)19(23(2,3)4)27-22(31)24(25)12-13-24/h6-7,9-10,18-19H,5,8,11-15H2,1-4H3,(H,26,29)(H,27,31). The van der Waals surface area contributed by atoms with Crippen LogP contribution < -0.4 is 10.6 Å². The largest absolute Gasteiger partial charge is 0.350 e. The van der Waals surface area contributed by atoms with Gasteiger partial charge < -0.3 is 15.5 Å². The van der Waals surface area contributed by atoms with Gasteiger partial charge in [-0.2, -0.15) is 0 Å². The zero-order valence-electron chi connectivity index (χ0n) is 19.0. The van der Waals surface area contributed by atoms with Gasteiger partial charge in [0.2, 0.25) is 11.8 Å². The van der Waals surface area contributed by atoms with Crippen molar-refractivity contribution >= 4 is 17.7 Å². The highest BCUT2D eigenvalue weighted by Gasteiger charge is 2.53. The first-order chi connectivity index (χ1) is 14.6. The molecule has 170 valence electrons. The van der Waals surface area contributed by atoms with Crippen LogP contribution >= 0.6 is 0 Å². The van der Waals surface area contributed by atoms with Crippen molar-refractivity contribution in [2.75, 3.05) is 6.54 Å². The van der Waals surface area contributed by atoms with Gasteiger partial charge in [0.25, 0.3) is 5.91 Å². The number of carbonyl (C=O) groups is 3. The van der Waals surface area contributed by atoms with Gasteiger partial charge in [-0.25, -0.2) is 4.39 Å². The molecule has 1 saturated heterocycles. The van der Waals surface area contributed by atoms with Crippen molar-refractivity contribution in [1.29, 1.82) is 0 Å². The molecule has 2 N–H and O–H groups in total. The molecule has 1 aromatic carbocycles. The fourth-order valence-corrected chi connectivity index (χ4v) is 4.09. The molecule has 2 aliphatic rings. The molecule has 0 spiro atoms. The van der Waals surface area contributed by atoms with Crippen molar-refractivity contribution < 1.29 is 18.8 Å². The number of hydrogen-bond donors (Lipinski definition) is 2. The molecule has 1 aromatic rings. The molecule has 6 nitrogen and oxygen atoms in total. The molecule has 0 radical (unpaired) electrons. The van der Waals surface area contributed by atoms with Gasteiger partial charge in [-0.05, 0) is 48.6 Å². The van der Waals surface area contributed by atoms with Crippen molar-refractivity contribution in [3.63, 3.8) is 0 Å². The van der Waals surface area contributed by atoms with Crippen LogP contribution in [0.5, 0.6) is 0 Å². The molecule has 2 fully saturated rings. The summed E-state index contributed by atoms with van der Waals surface area (Å²) in [6.07, 6.45) is 2.55. The number of nitrogens with one attached hydrogen (secondary N) is 2. The predicted octanol–water partition coefficient (Wildman–Crippen LogP) is 2.89. The number of amides is 3. The maximum absolute atomic E-state index is 14.2. The molecule has 1 aliphatic carbocycles. The Labute approximate surface area is 183 Å². The minimum absolute atomic E-state index is 0.192. The third-order valence-electron chi connectivity index (χ3n) is 6.28. The first-order valence-corrected chi connectivity index (χ1v) is 11.2. The van der Waals surface area contributed by atoms with Crippen LogP contribution in [0.2, 0.25) is 0 Å². The summed E-state index contributed by atoms with van der Waals surface area (Å²) in [7, 11) is 0. The molecular weight excluding hydrogens is 397 g/mol. The molecular formula is C24H34FN3O3. The number of alkyl halides is 1. The van der Waals surface area contributed by atoms with Crippen LogP contribution in [0.3, 0.4) is 0 Å². The summed E-state index contributed by atoms with van der Waals surface area (Å²) in [6, 6.07) is 6.49. The third-order valence-corrected chi connectivity index (χ3v) is 6.28. The van der Waals surface area contributed by atoms with Crippen LogP contribution in [0.25, 0.3) is 0 Å². The zero-order valence-corrected chi connectivity index (χ0v) is 19.0. The Balaban J connectivity index is 1.68. The molecule has 1 aliphatic heterocycles. The van der Waals surface area contributed by atoms with Gasteiger partial charge in [0.15, 0.2) is 5.67 Å². The van der Waals surface area contributed by atoms with Crippen molar-refractivity contribution in [2.24, 2.45) is 5.41 Å². The van der Waals surface area contributed by atoms with Crippen LogP contribution in [0.15, 0.2) is 24.3 Å². The molecule has 2 unspecified atom stereocenters. The highest BCUT2D eigenvalue weighted by Crippen LogP contribution is 2.40. The van der Waals surface area contributed by atoms with Crippen molar-refractivity contribution in [3.8, 4) is 0 Å². The van der Waals surface area contributed by atoms with Gasteiger partial charge in [0.05, 0.1) is 0 Å². The Bertz CT molecular complexity index is 845. The average Bonchev–Trinajstić information content (AvgIpc) is 3.29. The molecule has 2 atom stereocenters. The zero-order chi connectivity index (χ0) is 22.8. The van der Waals surface area contributed by atoms with E-state index in [9.17, 15) is 18.8 Å². The van der Waals surface area contributed by atoms with E-state index < -0.39 is 29.1 Å². The Kier molecular flexibility index (Phi) is 6.72. The van der Waals surface area contributed by atoms with Crippen LogP contribution in [-0.4, -0.2) is 46.9 Å². The fraction of sp³-hybridized carbons (Fsp3) is 0.625. The predicted molar refractivity (Wildman–Crippen MR) is 117 cm³/mol. The summed E-state index contributed by atoms with van der Waals surface area (Å²) in [5.41, 5.74) is -0.218. The fourth-order valence-electron chi connectivity index (χ4n) is 4.09. The highest BCUT2D eigenvalue weighted by atomic mass is 19.1. The van der Waals surface area contributed by atoms with E-state index in [2.05, 4.69) is 17.6 Å². The Morgan fingerprint density at radius 1 is 1.19 bits per heavy atom. The summed E-state index contributed by atoms with van der Waals surface area (Å²) in [5.74, 6) is -1.24. The van der Waals surface area contributed by atoms with Crippen LogP contribution in [-0.2, 0) is 27.3 Å². The van der Waals surface area contributed by atoms with Crippen LogP contribution in [0.1, 0.15) is 64.5 Å². The second-order valence-corrected chi connectivity index (χ2v) is 9.77. The summed E-state index contributed by atoms with van der Waals surface area (Å²) in [5, 5.41) is 5.60. The summed E-state index contributed by atoms with van der Waals surface area (Å²) >= 11 is 0. The molecule has 1 saturated carbocycles. The molecule has 0 bridgehead atoms. The van der Waals surface area contributed by atoms with Gasteiger partial charge in [0.1, 0.15) is 12.1 Å². The van der Waals surface area contributed by atoms with Gasteiger partial charge in [-0.3, -0.25) is 14.4 Å². The SMILES string of the molecule is CCc1ccccc1CNC(=O)C1CCCN1C(=O)C(NC(=O)C1(F)CC1)C(C)(C)C. The number of benzene rings is 1. The van der Waals surface area contributed by atoms with E-state index in [1.807, 2.05) is 45.0 Å². The number of carbonyl (C=O) groups excluding carboxylic acids is 3. The number of hydrogen-bond acceptors (Lipinski definition) is 3. The van der Waals surface area contributed by atoms with Gasteiger partial charge >= 0.3 is 0 Å². The Morgan fingerprint density at radius 3 is 2.42 bits per heavy atom. The number of likely N-dealkylation sites (tertiary alicyclic amines) is 1. The second kappa shape index (κ2) is 8.97. The number of nitrogens with zero attached hydrogens (tertiary/aromatic N) is 1. The molecule has 3 rings (SSSR count). The minimum Gasteiger partial charge on any atom is -0.350 e. The maximum Gasteiger partial charge on any atom is 0.258 e. The lowest BCUT2D eigenvalue weighted by Crippen LogP contribution is -2.58. The number of aryl methyl sites for hydroxylation is 1. The number of rotatable bonds is 7. The van der Waals surface area contributed by atoms with E-state index >= 15 is 0 Å². The van der Waals surface area contributed by atoms with Crippen molar-refractivity contribution in [1.82, 2.24) is 15.5 Å². The lowest BCUT2D eigenvalue weighted by atomic mass is 9.85. The van der Waals surface area contributed by atoms with E-state index in [0.717, 1.165) is 12.0 Å². The van der Waals surface area contributed by atoms with E-state index in [1.165, 1.54) is 5.56 Å². The molecule has 1 heterocycles. The van der Waals surface area contributed by atoms with Gasteiger partial charge in [-0.15, -0.1) is 0 Å². The lowest BCUT2D eigenvalue weighted by molar-refractivity contribution is -0.144. The van der Waals surface area contributed by atoms with Gasteiger partial charge in [0, 0.05) is 13.1 Å². The van der Waals surface area contributed by atoms with Crippen LogP contribution in [0.4, 0.5) is 4.39 Å². The minimum atomic E-state index is -1.85. The molecule has 0 aromatic heterocycles. The summed E-state index contributed by atoms with van der Waals surface area (Å²) in [4.78, 5) is 40.2. The Morgan fingerprint density at radius 2 is 1.84 bits per heavy atom. The first kappa shape index (κ1) is 23.2. The summed E-state index contributed by atoms with van der Waals surface area (Å²) in [6.45, 7) is 8.43. The molecule has 3 amide bonds. The van der Waals surface area contributed by atoms with E-state index in [0.29, 0.717) is 25.9 Å². The number of halogens is 1. The van der Waals surface area contributed by atoms with E-state index in [-0.39, 0.29) is 24.7 Å². The van der Waals surface area contributed by atoms with Crippen molar-refractivity contribution in [3.05, 3.63) is 35.4 Å². The Hall–Kier alpha value is -2.44. The maximum atomic E-state index is 14.2. The van der Waals surface area contributed by atoms with Crippen molar-refractivity contribution in [2.45, 2.75) is 84.1 Å². The van der Waals surface area contributed by atoms with Gasteiger partial charge in [-0.1, -0.05) is 52.0 Å². The van der Waals surface area contributed by atoms with E-state index in [4.69, 9.17) is 0 Å². The van der Waals surface area contributed by atoms with Crippen LogP contribution in [0, 0.1) is 5.41 Å². The first-order valence-electron chi connectivity index (χ1n) is 11.2. The lowest BCUT2D eigenvalue weighted by Gasteiger charge is -2.35. The smallest absolute Gasteiger partial charge is 0.258 e. The molecule has 7 heteroatoms. The third kappa shape index (κ3) is 5.25. The molecule has 31 heavy (non-hydrogen) atoms. The second-order valence-electron chi connectivity index (χ2n) is 9.77. The summed E-state index contributed by atoms with van der Waals surface area (Å²) < 4.78 is 14.2. The monoisotopic (exact) mass is 431 g/mol.